The van der Waals surface area contributed by atoms with Crippen LogP contribution in [0.5, 0.6) is 0 Å². The fourth-order valence-electron chi connectivity index (χ4n) is 1.14. The molecule has 0 radical (unpaired) electrons. The lowest BCUT2D eigenvalue weighted by Crippen LogP contribution is -2.26. The van der Waals surface area contributed by atoms with Gasteiger partial charge in [0.2, 0.25) is 0 Å². The molecule has 15 heavy (non-hydrogen) atoms. The molecule has 1 aromatic rings. The normalized spacial score (nSPS) is 12.5. The van der Waals surface area contributed by atoms with Crippen LogP contribution in [0.2, 0.25) is 5.02 Å². The number of nitrogens with zero attached hydrogens (tertiary/aromatic N) is 1. The zero-order chi connectivity index (χ0) is 11.3. The summed E-state index contributed by atoms with van der Waals surface area (Å²) in [4.78, 5) is 17.5. The highest BCUT2D eigenvalue weighted by molar-refractivity contribution is 6.32. The van der Waals surface area contributed by atoms with Crippen molar-refractivity contribution in [3.8, 4) is 0 Å². The third-order valence-corrected chi connectivity index (χ3v) is 2.35. The van der Waals surface area contributed by atoms with Crippen molar-refractivity contribution in [1.82, 2.24) is 9.97 Å². The van der Waals surface area contributed by atoms with Gasteiger partial charge in [0.25, 0.3) is 5.56 Å². The predicted octanol–water partition coefficient (Wildman–Crippen LogP) is 1.26. The van der Waals surface area contributed by atoms with Crippen LogP contribution in [0.15, 0.2) is 11.1 Å². The largest absolute Gasteiger partial charge is 0.383 e. The average Bonchev–Trinajstić information content (AvgIpc) is 2.24. The average molecular weight is 232 g/mol. The van der Waals surface area contributed by atoms with Crippen molar-refractivity contribution in [2.75, 3.05) is 19.0 Å². The van der Waals surface area contributed by atoms with Crippen LogP contribution in [0.25, 0.3) is 0 Å². The molecule has 0 aromatic carbocycles. The molecule has 0 aliphatic heterocycles. The van der Waals surface area contributed by atoms with Crippen molar-refractivity contribution in [3.63, 3.8) is 0 Å². The Morgan fingerprint density at radius 1 is 1.73 bits per heavy atom. The number of anilines is 1. The van der Waals surface area contributed by atoms with E-state index in [0.717, 1.165) is 6.42 Å². The molecule has 1 aromatic heterocycles. The molecule has 1 unspecified atom stereocenters. The van der Waals surface area contributed by atoms with Crippen LogP contribution in [0, 0.1) is 0 Å². The molecule has 1 atom stereocenters. The first-order valence-corrected chi connectivity index (χ1v) is 5.05. The molecule has 1 heterocycles. The fourth-order valence-corrected chi connectivity index (χ4v) is 1.30. The minimum atomic E-state index is -0.346. The first-order chi connectivity index (χ1) is 7.19. The second kappa shape index (κ2) is 5.72. The Labute approximate surface area is 92.8 Å². The first-order valence-electron chi connectivity index (χ1n) is 4.67. The zero-order valence-corrected chi connectivity index (χ0v) is 9.47. The Kier molecular flexibility index (Phi) is 4.58. The van der Waals surface area contributed by atoms with E-state index in [1.165, 1.54) is 6.33 Å². The highest BCUT2D eigenvalue weighted by Gasteiger charge is 2.10. The Bertz CT molecular complexity index is 367. The zero-order valence-electron chi connectivity index (χ0n) is 8.71. The molecule has 0 spiro atoms. The molecular formula is C9H14ClN3O2. The number of methoxy groups -OCH3 is 1. The predicted molar refractivity (Wildman–Crippen MR) is 59.4 cm³/mol. The van der Waals surface area contributed by atoms with Crippen molar-refractivity contribution in [2.24, 2.45) is 0 Å². The molecule has 0 aliphatic carbocycles. The van der Waals surface area contributed by atoms with Gasteiger partial charge in [0.15, 0.2) is 5.82 Å². The summed E-state index contributed by atoms with van der Waals surface area (Å²) in [6.07, 6.45) is 2.18. The maximum Gasteiger partial charge on any atom is 0.271 e. The van der Waals surface area contributed by atoms with Gasteiger partial charge >= 0.3 is 0 Å². The van der Waals surface area contributed by atoms with Crippen LogP contribution in [-0.2, 0) is 4.74 Å². The van der Waals surface area contributed by atoms with Gasteiger partial charge < -0.3 is 15.0 Å². The fraction of sp³-hybridized carbons (Fsp3) is 0.556. The topological polar surface area (TPSA) is 67.0 Å². The summed E-state index contributed by atoms with van der Waals surface area (Å²) in [5.41, 5.74) is -0.346. The Hall–Kier alpha value is -1.07. The summed E-state index contributed by atoms with van der Waals surface area (Å²) in [5, 5.41) is 3.13. The highest BCUT2D eigenvalue weighted by Crippen LogP contribution is 2.14. The van der Waals surface area contributed by atoms with Gasteiger partial charge in [-0.25, -0.2) is 4.98 Å². The SMILES string of the molecule is CCC(COC)Nc1nc[nH]c(=O)c1Cl. The van der Waals surface area contributed by atoms with Gasteiger partial charge in [-0.05, 0) is 6.42 Å². The van der Waals surface area contributed by atoms with E-state index in [1.54, 1.807) is 7.11 Å². The number of aromatic nitrogens is 2. The number of aromatic amines is 1. The molecule has 2 N–H and O–H groups in total. The van der Waals surface area contributed by atoms with E-state index in [4.69, 9.17) is 16.3 Å². The standard InChI is InChI=1S/C9H14ClN3O2/c1-3-6(4-15-2)13-8-7(10)9(14)12-5-11-8/h5-6H,3-4H2,1-2H3,(H2,11,12,13,14). The van der Waals surface area contributed by atoms with Gasteiger partial charge in [0, 0.05) is 7.11 Å². The summed E-state index contributed by atoms with van der Waals surface area (Å²) < 4.78 is 5.02. The molecular weight excluding hydrogens is 218 g/mol. The molecule has 0 amide bonds. The maximum absolute atomic E-state index is 11.2. The van der Waals surface area contributed by atoms with Crippen molar-refractivity contribution < 1.29 is 4.74 Å². The first kappa shape index (κ1) is 12.0. The monoisotopic (exact) mass is 231 g/mol. The lowest BCUT2D eigenvalue weighted by atomic mass is 10.2. The van der Waals surface area contributed by atoms with E-state index in [2.05, 4.69) is 15.3 Å². The van der Waals surface area contributed by atoms with Gasteiger partial charge in [-0.1, -0.05) is 18.5 Å². The van der Waals surface area contributed by atoms with Gasteiger partial charge in [0.05, 0.1) is 19.0 Å². The molecule has 1 rings (SSSR count). The summed E-state index contributed by atoms with van der Waals surface area (Å²) in [6, 6.07) is 0.0989. The Balaban J connectivity index is 2.79. The van der Waals surface area contributed by atoms with Crippen LogP contribution in [-0.4, -0.2) is 29.7 Å². The minimum Gasteiger partial charge on any atom is -0.383 e. The summed E-state index contributed by atoms with van der Waals surface area (Å²) >= 11 is 5.78. The van der Waals surface area contributed by atoms with Crippen molar-refractivity contribution >= 4 is 17.4 Å². The van der Waals surface area contributed by atoms with E-state index < -0.39 is 0 Å². The second-order valence-electron chi connectivity index (χ2n) is 3.10. The quantitative estimate of drug-likeness (QED) is 0.801. The van der Waals surface area contributed by atoms with Crippen LogP contribution < -0.4 is 10.9 Å². The third-order valence-electron chi connectivity index (χ3n) is 2.00. The van der Waals surface area contributed by atoms with Gasteiger partial charge in [0.1, 0.15) is 5.02 Å². The number of halogens is 1. The number of hydrogen-bond acceptors (Lipinski definition) is 4. The maximum atomic E-state index is 11.2. The molecule has 0 fully saturated rings. The molecule has 84 valence electrons. The van der Waals surface area contributed by atoms with Gasteiger partial charge in [-0.15, -0.1) is 0 Å². The van der Waals surface area contributed by atoms with Crippen molar-refractivity contribution in [3.05, 3.63) is 21.7 Å². The van der Waals surface area contributed by atoms with E-state index in [1.807, 2.05) is 6.92 Å². The summed E-state index contributed by atoms with van der Waals surface area (Å²) in [6.45, 7) is 2.55. The summed E-state index contributed by atoms with van der Waals surface area (Å²) in [7, 11) is 1.62. The van der Waals surface area contributed by atoms with E-state index in [-0.39, 0.29) is 16.6 Å². The second-order valence-corrected chi connectivity index (χ2v) is 3.48. The van der Waals surface area contributed by atoms with Crippen LogP contribution in [0.4, 0.5) is 5.82 Å². The minimum absolute atomic E-state index is 0.0760. The number of ether oxygens (including phenoxy) is 1. The lowest BCUT2D eigenvalue weighted by molar-refractivity contribution is 0.184. The van der Waals surface area contributed by atoms with Crippen LogP contribution in [0.1, 0.15) is 13.3 Å². The van der Waals surface area contributed by atoms with E-state index in [9.17, 15) is 4.79 Å². The lowest BCUT2D eigenvalue weighted by Gasteiger charge is -2.16. The molecule has 0 saturated heterocycles. The van der Waals surface area contributed by atoms with Crippen LogP contribution >= 0.6 is 11.6 Å². The number of H-pyrrole nitrogens is 1. The molecule has 0 saturated carbocycles. The van der Waals surface area contributed by atoms with Crippen molar-refractivity contribution in [2.45, 2.75) is 19.4 Å². The molecule has 5 nitrogen and oxygen atoms in total. The van der Waals surface area contributed by atoms with Gasteiger partial charge in [-0.3, -0.25) is 4.79 Å². The van der Waals surface area contributed by atoms with E-state index in [0.29, 0.717) is 12.4 Å². The molecule has 0 bridgehead atoms. The summed E-state index contributed by atoms with van der Waals surface area (Å²) in [5.74, 6) is 0.393. The van der Waals surface area contributed by atoms with Gasteiger partial charge in [-0.2, -0.15) is 0 Å². The Morgan fingerprint density at radius 3 is 3.07 bits per heavy atom. The highest BCUT2D eigenvalue weighted by atomic mass is 35.5. The Morgan fingerprint density at radius 2 is 2.47 bits per heavy atom. The molecule has 6 heteroatoms. The van der Waals surface area contributed by atoms with E-state index >= 15 is 0 Å². The molecule has 0 aliphatic rings. The third kappa shape index (κ3) is 3.21. The van der Waals surface area contributed by atoms with Crippen molar-refractivity contribution in [1.29, 1.82) is 0 Å². The number of hydrogen-bond donors (Lipinski definition) is 2. The number of nitrogens with one attached hydrogen (secondary N) is 2. The van der Waals surface area contributed by atoms with Crippen LogP contribution in [0.3, 0.4) is 0 Å². The number of rotatable bonds is 5. The smallest absolute Gasteiger partial charge is 0.271 e.